The first-order valence-corrected chi connectivity index (χ1v) is 8.69. The van der Waals surface area contributed by atoms with Gasteiger partial charge in [-0.15, -0.1) is 0 Å². The summed E-state index contributed by atoms with van der Waals surface area (Å²) in [5.74, 6) is 1.92. The van der Waals surface area contributed by atoms with Crippen molar-refractivity contribution in [3.8, 4) is 17.2 Å². The minimum Gasteiger partial charge on any atom is -1.00 e. The Morgan fingerprint density at radius 2 is 1.62 bits per heavy atom. The summed E-state index contributed by atoms with van der Waals surface area (Å²) in [6.07, 6.45) is 0.549. The number of carbonyl (C=O) groups is 1. The zero-order chi connectivity index (χ0) is 18.4. The predicted octanol–water partition coefficient (Wildman–Crippen LogP) is -0.633. The quantitative estimate of drug-likeness (QED) is 0.587. The number of carbonyl (C=O) groups excluding carboxylic acids is 1. The van der Waals surface area contributed by atoms with Crippen LogP contribution in [0, 0.1) is 0 Å². The van der Waals surface area contributed by atoms with Crippen LogP contribution < -0.4 is 31.5 Å². The molecular weight excluding hydrogens is 354 g/mol. The highest BCUT2D eigenvalue weighted by Gasteiger charge is 2.17. The van der Waals surface area contributed by atoms with Crippen LogP contribution >= 0.6 is 0 Å². The van der Waals surface area contributed by atoms with E-state index in [4.69, 9.17) is 14.2 Å². The van der Waals surface area contributed by atoms with Gasteiger partial charge in [0.1, 0.15) is 0 Å². The van der Waals surface area contributed by atoms with Crippen LogP contribution in [0.3, 0.4) is 0 Å². The average Bonchev–Trinajstić information content (AvgIpc) is 2.66. The standard InChI is InChI=1S/C20H27NO4.ClH/c1-6-21(7-2)11-10-17(22)14-8-9-16-15(12-14)13-18(23-3)20(25-5)19(16)24-4;/h8-9,12-13H,6-7,10-11H2,1-5H3;1H. The smallest absolute Gasteiger partial charge is 0.203 e. The van der Waals surface area contributed by atoms with Crippen molar-refractivity contribution in [1.82, 2.24) is 0 Å². The topological polar surface area (TPSA) is 49.2 Å². The van der Waals surface area contributed by atoms with E-state index in [9.17, 15) is 4.79 Å². The van der Waals surface area contributed by atoms with Crippen molar-refractivity contribution in [2.45, 2.75) is 20.3 Å². The first kappa shape index (κ1) is 22.1. The lowest BCUT2D eigenvalue weighted by molar-refractivity contribution is -0.895. The van der Waals surface area contributed by atoms with Crippen molar-refractivity contribution in [3.63, 3.8) is 0 Å². The van der Waals surface area contributed by atoms with Gasteiger partial charge in [0, 0.05) is 10.9 Å². The number of methoxy groups -OCH3 is 3. The molecule has 0 atom stereocenters. The van der Waals surface area contributed by atoms with Gasteiger partial charge in [-0.2, -0.15) is 0 Å². The molecular formula is C20H28ClNO4. The Kier molecular flexibility index (Phi) is 8.69. The number of Topliss-reactive ketones (excluding diaryl/α,β-unsaturated/α-hetero) is 1. The highest BCUT2D eigenvalue weighted by molar-refractivity contribution is 6.02. The SMILES string of the molecule is CC[NH+](CC)CCC(=O)c1ccc2c(OC)c(OC)c(OC)cc2c1.[Cl-]. The normalized spacial score (nSPS) is 10.5. The molecule has 6 heteroatoms. The van der Waals surface area contributed by atoms with Crippen molar-refractivity contribution < 1.29 is 36.3 Å². The number of rotatable bonds is 9. The van der Waals surface area contributed by atoms with Gasteiger partial charge in [-0.3, -0.25) is 4.79 Å². The van der Waals surface area contributed by atoms with Gasteiger partial charge in [-0.25, -0.2) is 0 Å². The molecule has 26 heavy (non-hydrogen) atoms. The first-order valence-electron chi connectivity index (χ1n) is 8.69. The van der Waals surface area contributed by atoms with E-state index in [2.05, 4.69) is 13.8 Å². The summed E-state index contributed by atoms with van der Waals surface area (Å²) in [6, 6.07) is 7.55. The molecule has 144 valence electrons. The van der Waals surface area contributed by atoms with Crippen LogP contribution in [0.15, 0.2) is 24.3 Å². The Bertz CT molecular complexity index is 744. The van der Waals surface area contributed by atoms with E-state index in [0.29, 0.717) is 29.2 Å². The van der Waals surface area contributed by atoms with E-state index in [-0.39, 0.29) is 18.2 Å². The number of ketones is 1. The maximum atomic E-state index is 12.6. The highest BCUT2D eigenvalue weighted by Crippen LogP contribution is 2.43. The molecule has 0 heterocycles. The number of fused-ring (bicyclic) bond motifs is 1. The van der Waals surface area contributed by atoms with Gasteiger partial charge < -0.3 is 31.5 Å². The minimum atomic E-state index is 0. The van der Waals surface area contributed by atoms with Crippen molar-refractivity contribution in [1.29, 1.82) is 0 Å². The van der Waals surface area contributed by atoms with E-state index in [1.807, 2.05) is 24.3 Å². The summed E-state index contributed by atoms with van der Waals surface area (Å²) in [5.41, 5.74) is 0.716. The lowest BCUT2D eigenvalue weighted by Crippen LogP contribution is -3.11. The van der Waals surface area contributed by atoms with Crippen LogP contribution in [0.4, 0.5) is 0 Å². The highest BCUT2D eigenvalue weighted by atomic mass is 35.5. The van der Waals surface area contributed by atoms with Gasteiger partial charge in [0.15, 0.2) is 17.3 Å². The monoisotopic (exact) mass is 381 g/mol. The zero-order valence-electron chi connectivity index (χ0n) is 16.1. The molecule has 0 spiro atoms. The second kappa shape index (κ2) is 10.2. The molecule has 0 fully saturated rings. The summed E-state index contributed by atoms with van der Waals surface area (Å²) in [6.45, 7) is 7.22. The molecule has 2 aromatic carbocycles. The molecule has 2 rings (SSSR count). The molecule has 0 aliphatic rings. The molecule has 0 bridgehead atoms. The lowest BCUT2D eigenvalue weighted by atomic mass is 10.0. The van der Waals surface area contributed by atoms with Crippen LogP contribution in [-0.2, 0) is 0 Å². The number of nitrogens with one attached hydrogen (secondary N) is 1. The second-order valence-electron chi connectivity index (χ2n) is 5.96. The van der Waals surface area contributed by atoms with Crippen molar-refractivity contribution >= 4 is 16.6 Å². The molecule has 0 aliphatic carbocycles. The van der Waals surface area contributed by atoms with Crippen LogP contribution in [0.2, 0.25) is 0 Å². The fraction of sp³-hybridized carbons (Fsp3) is 0.450. The van der Waals surface area contributed by atoms with Crippen LogP contribution in [0.1, 0.15) is 30.6 Å². The van der Waals surface area contributed by atoms with Crippen LogP contribution in [-0.4, -0.2) is 46.7 Å². The molecule has 2 aromatic rings. The van der Waals surface area contributed by atoms with Gasteiger partial charge in [0.05, 0.1) is 47.4 Å². The molecule has 0 amide bonds. The third-order valence-corrected chi connectivity index (χ3v) is 4.67. The predicted molar refractivity (Wildman–Crippen MR) is 99.5 cm³/mol. The summed E-state index contributed by atoms with van der Waals surface area (Å²) >= 11 is 0. The van der Waals surface area contributed by atoms with Gasteiger partial charge in [0.2, 0.25) is 5.75 Å². The Morgan fingerprint density at radius 1 is 0.962 bits per heavy atom. The van der Waals surface area contributed by atoms with E-state index < -0.39 is 0 Å². The van der Waals surface area contributed by atoms with E-state index in [1.54, 1.807) is 21.3 Å². The average molecular weight is 382 g/mol. The maximum absolute atomic E-state index is 12.6. The Balaban J connectivity index is 0.00000338. The summed E-state index contributed by atoms with van der Waals surface area (Å²) in [4.78, 5) is 14.0. The van der Waals surface area contributed by atoms with Gasteiger partial charge >= 0.3 is 0 Å². The first-order chi connectivity index (χ1) is 12.1. The van der Waals surface area contributed by atoms with Crippen molar-refractivity contribution in [2.75, 3.05) is 41.0 Å². The second-order valence-corrected chi connectivity index (χ2v) is 5.96. The van der Waals surface area contributed by atoms with Crippen LogP contribution in [0.25, 0.3) is 10.8 Å². The van der Waals surface area contributed by atoms with Gasteiger partial charge in [0.25, 0.3) is 0 Å². The molecule has 5 nitrogen and oxygen atoms in total. The molecule has 0 saturated heterocycles. The van der Waals surface area contributed by atoms with E-state index in [0.717, 1.165) is 30.4 Å². The van der Waals surface area contributed by atoms with Crippen LogP contribution in [0.5, 0.6) is 17.2 Å². The number of hydrogen-bond donors (Lipinski definition) is 1. The largest absolute Gasteiger partial charge is 1.00 e. The van der Waals surface area contributed by atoms with E-state index in [1.165, 1.54) is 4.90 Å². The van der Waals surface area contributed by atoms with Crippen molar-refractivity contribution in [2.24, 2.45) is 0 Å². The third kappa shape index (κ3) is 4.59. The number of benzene rings is 2. The summed E-state index contributed by atoms with van der Waals surface area (Å²) in [7, 11) is 4.77. The van der Waals surface area contributed by atoms with Crippen molar-refractivity contribution in [3.05, 3.63) is 29.8 Å². The molecule has 0 saturated carbocycles. The summed E-state index contributed by atoms with van der Waals surface area (Å²) in [5, 5.41) is 1.79. The Morgan fingerprint density at radius 3 is 2.15 bits per heavy atom. The molecule has 1 N–H and O–H groups in total. The third-order valence-electron chi connectivity index (χ3n) is 4.67. The number of halogens is 1. The Labute approximate surface area is 161 Å². The van der Waals surface area contributed by atoms with E-state index >= 15 is 0 Å². The number of hydrogen-bond acceptors (Lipinski definition) is 4. The zero-order valence-corrected chi connectivity index (χ0v) is 16.9. The van der Waals surface area contributed by atoms with Gasteiger partial charge in [-0.05, 0) is 37.4 Å². The number of quaternary nitrogens is 1. The molecule has 0 unspecified atom stereocenters. The minimum absolute atomic E-state index is 0. The summed E-state index contributed by atoms with van der Waals surface area (Å²) < 4.78 is 16.3. The van der Waals surface area contributed by atoms with Gasteiger partial charge in [-0.1, -0.05) is 6.07 Å². The number of ether oxygens (including phenoxy) is 3. The lowest BCUT2D eigenvalue weighted by Gasteiger charge is -2.16. The fourth-order valence-electron chi connectivity index (χ4n) is 3.09. The fourth-order valence-corrected chi connectivity index (χ4v) is 3.09. The molecule has 0 aliphatic heterocycles. The maximum Gasteiger partial charge on any atom is 0.203 e. The Hall–Kier alpha value is -1.98. The molecule has 0 radical (unpaired) electrons. The molecule has 0 aromatic heterocycles.